The Kier molecular flexibility index (Phi) is 9.04. The minimum atomic E-state index is 0. The molecule has 1 aromatic carbocycles. The zero-order chi connectivity index (χ0) is 18.3. The van der Waals surface area contributed by atoms with Crippen LogP contribution in [0.2, 0.25) is 0 Å². The molecule has 26 heavy (non-hydrogen) atoms. The number of hydrogen-bond acceptors (Lipinski definition) is 4. The van der Waals surface area contributed by atoms with Gasteiger partial charge in [0.2, 0.25) is 5.89 Å². The van der Waals surface area contributed by atoms with Crippen LogP contribution in [0.15, 0.2) is 33.8 Å². The molecule has 0 aliphatic heterocycles. The van der Waals surface area contributed by atoms with Crippen molar-refractivity contribution in [3.63, 3.8) is 0 Å². The van der Waals surface area contributed by atoms with Gasteiger partial charge in [-0.25, -0.2) is 4.99 Å². The molecule has 2 rings (SSSR count). The summed E-state index contributed by atoms with van der Waals surface area (Å²) in [5, 5.41) is 10.3. The van der Waals surface area contributed by atoms with E-state index in [4.69, 9.17) is 4.52 Å². The van der Waals surface area contributed by atoms with E-state index >= 15 is 0 Å². The van der Waals surface area contributed by atoms with Crippen LogP contribution in [0.3, 0.4) is 0 Å². The van der Waals surface area contributed by atoms with Gasteiger partial charge in [0.25, 0.3) is 0 Å². The zero-order valence-electron chi connectivity index (χ0n) is 16.3. The summed E-state index contributed by atoms with van der Waals surface area (Å²) in [5.74, 6) is 1.90. The van der Waals surface area contributed by atoms with E-state index in [0.29, 0.717) is 18.3 Å². The normalized spacial score (nSPS) is 11.8. The Labute approximate surface area is 173 Å². The summed E-state index contributed by atoms with van der Waals surface area (Å²) in [5.41, 5.74) is 2.85. The largest absolute Gasteiger partial charge is 0.357 e. The molecule has 0 fully saturated rings. The molecule has 2 aromatic rings. The third-order valence-electron chi connectivity index (χ3n) is 3.81. The van der Waals surface area contributed by atoms with Crippen molar-refractivity contribution in [2.45, 2.75) is 53.0 Å². The molecule has 6 nitrogen and oxygen atoms in total. The Bertz CT molecular complexity index is 689. The number of guanidine groups is 1. The van der Waals surface area contributed by atoms with E-state index in [2.05, 4.69) is 70.8 Å². The van der Waals surface area contributed by atoms with Crippen molar-refractivity contribution in [1.82, 2.24) is 20.8 Å². The second-order valence-electron chi connectivity index (χ2n) is 7.05. The van der Waals surface area contributed by atoms with Gasteiger partial charge in [0, 0.05) is 13.1 Å². The maximum Gasteiger partial charge on any atom is 0.248 e. The van der Waals surface area contributed by atoms with E-state index in [0.717, 1.165) is 25.5 Å². The third-order valence-corrected chi connectivity index (χ3v) is 3.81. The Balaban J connectivity index is 0.00000338. The van der Waals surface area contributed by atoms with Gasteiger partial charge in [0.1, 0.15) is 6.54 Å². The van der Waals surface area contributed by atoms with Crippen molar-refractivity contribution in [3.05, 3.63) is 47.1 Å². The van der Waals surface area contributed by atoms with Crippen molar-refractivity contribution in [2.75, 3.05) is 13.1 Å². The number of hydrogen-bond donors (Lipinski definition) is 2. The number of aromatic nitrogens is 2. The summed E-state index contributed by atoms with van der Waals surface area (Å²) in [6.07, 6.45) is 0.939. The number of aliphatic imine (C=N–C) groups is 1. The fraction of sp³-hybridized carbons (Fsp3) is 0.526. The summed E-state index contributed by atoms with van der Waals surface area (Å²) in [6.45, 7) is 12.5. The number of rotatable bonds is 6. The van der Waals surface area contributed by atoms with Crippen LogP contribution in [0.25, 0.3) is 0 Å². The second-order valence-corrected chi connectivity index (χ2v) is 7.05. The predicted octanol–water partition coefficient (Wildman–Crippen LogP) is 3.59. The van der Waals surface area contributed by atoms with Crippen LogP contribution in [0.1, 0.15) is 50.5 Å². The van der Waals surface area contributed by atoms with Crippen LogP contribution in [0.5, 0.6) is 0 Å². The van der Waals surface area contributed by atoms with Crippen molar-refractivity contribution in [3.8, 4) is 0 Å². The zero-order valence-corrected chi connectivity index (χ0v) is 18.6. The Hall–Kier alpha value is -1.64. The average Bonchev–Trinajstić information content (AvgIpc) is 2.98. The first-order chi connectivity index (χ1) is 11.9. The highest BCUT2D eigenvalue weighted by atomic mass is 127. The molecule has 0 spiro atoms. The van der Waals surface area contributed by atoms with Crippen LogP contribution < -0.4 is 10.6 Å². The first kappa shape index (κ1) is 22.4. The van der Waals surface area contributed by atoms with Crippen molar-refractivity contribution in [1.29, 1.82) is 0 Å². The summed E-state index contributed by atoms with van der Waals surface area (Å²) in [4.78, 5) is 8.63. The highest BCUT2D eigenvalue weighted by molar-refractivity contribution is 14.0. The standard InChI is InChI=1S/C19H29N5O.HI/c1-6-20-18(22-13-17-23-14(2)24-25-17)21-12-11-15-7-9-16(10-8-15)19(3,4)5;/h7-10H,6,11-13H2,1-5H3,(H2,20,21,22);1H. The average molecular weight is 471 g/mol. The molecule has 144 valence electrons. The van der Waals surface area contributed by atoms with E-state index in [1.807, 2.05) is 6.92 Å². The molecule has 0 bridgehead atoms. The van der Waals surface area contributed by atoms with Crippen molar-refractivity contribution in [2.24, 2.45) is 4.99 Å². The van der Waals surface area contributed by atoms with Gasteiger partial charge in [0.15, 0.2) is 11.8 Å². The lowest BCUT2D eigenvalue weighted by Gasteiger charge is -2.19. The lowest BCUT2D eigenvalue weighted by molar-refractivity contribution is 0.376. The van der Waals surface area contributed by atoms with Crippen molar-refractivity contribution >= 4 is 29.9 Å². The topological polar surface area (TPSA) is 75.3 Å². The molecule has 2 N–H and O–H groups in total. The number of halogens is 1. The van der Waals surface area contributed by atoms with Gasteiger partial charge >= 0.3 is 0 Å². The molecule has 0 atom stereocenters. The maximum absolute atomic E-state index is 5.08. The third kappa shape index (κ3) is 7.31. The highest BCUT2D eigenvalue weighted by Crippen LogP contribution is 2.22. The fourth-order valence-electron chi connectivity index (χ4n) is 2.39. The molecular formula is C19H30IN5O. The Morgan fingerprint density at radius 1 is 1.15 bits per heavy atom. The van der Waals surface area contributed by atoms with E-state index in [-0.39, 0.29) is 29.4 Å². The number of aryl methyl sites for hydroxylation is 1. The van der Waals surface area contributed by atoms with Gasteiger partial charge in [-0.05, 0) is 36.8 Å². The lowest BCUT2D eigenvalue weighted by Crippen LogP contribution is -2.38. The quantitative estimate of drug-likeness (QED) is 0.383. The SMILES string of the molecule is CCNC(=NCc1nc(C)no1)NCCc1ccc(C(C)(C)C)cc1.I. The molecule has 0 aliphatic rings. The molecule has 0 saturated heterocycles. The Morgan fingerprint density at radius 3 is 2.38 bits per heavy atom. The molecule has 7 heteroatoms. The van der Waals surface area contributed by atoms with Crippen LogP contribution in [-0.2, 0) is 18.4 Å². The van der Waals surface area contributed by atoms with E-state index in [9.17, 15) is 0 Å². The minimum absolute atomic E-state index is 0. The number of benzene rings is 1. The molecule has 1 heterocycles. The molecule has 0 saturated carbocycles. The van der Waals surface area contributed by atoms with Gasteiger partial charge in [-0.15, -0.1) is 24.0 Å². The van der Waals surface area contributed by atoms with E-state index in [1.165, 1.54) is 11.1 Å². The highest BCUT2D eigenvalue weighted by Gasteiger charge is 2.12. The lowest BCUT2D eigenvalue weighted by atomic mass is 9.86. The van der Waals surface area contributed by atoms with Crippen LogP contribution in [-0.4, -0.2) is 29.2 Å². The van der Waals surface area contributed by atoms with Gasteiger partial charge in [-0.3, -0.25) is 0 Å². The van der Waals surface area contributed by atoms with Gasteiger partial charge in [-0.2, -0.15) is 4.98 Å². The van der Waals surface area contributed by atoms with E-state index in [1.54, 1.807) is 6.92 Å². The molecule has 0 unspecified atom stereocenters. The van der Waals surface area contributed by atoms with Gasteiger partial charge < -0.3 is 15.2 Å². The molecule has 0 radical (unpaired) electrons. The first-order valence-electron chi connectivity index (χ1n) is 8.79. The van der Waals surface area contributed by atoms with Crippen LogP contribution in [0.4, 0.5) is 0 Å². The Morgan fingerprint density at radius 2 is 1.85 bits per heavy atom. The molecular weight excluding hydrogens is 441 g/mol. The summed E-state index contributed by atoms with van der Waals surface area (Å²) < 4.78 is 5.08. The summed E-state index contributed by atoms with van der Waals surface area (Å²) >= 11 is 0. The molecule has 1 aromatic heterocycles. The predicted molar refractivity (Wildman–Crippen MR) is 116 cm³/mol. The van der Waals surface area contributed by atoms with Crippen LogP contribution >= 0.6 is 24.0 Å². The molecule has 0 amide bonds. The maximum atomic E-state index is 5.08. The van der Waals surface area contributed by atoms with Crippen LogP contribution in [0, 0.1) is 6.92 Å². The summed E-state index contributed by atoms with van der Waals surface area (Å²) in [7, 11) is 0. The smallest absolute Gasteiger partial charge is 0.248 e. The van der Waals surface area contributed by atoms with Crippen molar-refractivity contribution < 1.29 is 4.52 Å². The molecule has 0 aliphatic carbocycles. The second kappa shape index (κ2) is 10.5. The van der Waals surface area contributed by atoms with E-state index < -0.39 is 0 Å². The monoisotopic (exact) mass is 471 g/mol. The fourth-order valence-corrected chi connectivity index (χ4v) is 2.39. The van der Waals surface area contributed by atoms with Gasteiger partial charge in [0.05, 0.1) is 0 Å². The number of nitrogens with one attached hydrogen (secondary N) is 2. The minimum Gasteiger partial charge on any atom is -0.357 e. The summed E-state index contributed by atoms with van der Waals surface area (Å²) in [6, 6.07) is 8.83. The first-order valence-corrected chi connectivity index (χ1v) is 8.79. The number of nitrogens with zero attached hydrogens (tertiary/aromatic N) is 3. The van der Waals surface area contributed by atoms with Gasteiger partial charge in [-0.1, -0.05) is 50.2 Å².